The van der Waals surface area contributed by atoms with Crippen LogP contribution in [0.5, 0.6) is 0 Å². The SMILES string of the molecule is C=C/C=C(\C=C)[C@](C)(O)Cc1ccc(-c2ccccc2)cn1. The first-order valence-corrected chi connectivity index (χ1v) is 7.25. The molecule has 1 heterocycles. The highest BCUT2D eigenvalue weighted by atomic mass is 16.3. The molecule has 2 nitrogen and oxygen atoms in total. The smallest absolute Gasteiger partial charge is 0.0923 e. The molecule has 1 aromatic heterocycles. The molecule has 1 atom stereocenters. The lowest BCUT2D eigenvalue weighted by molar-refractivity contribution is 0.102. The number of benzene rings is 1. The number of hydrogen-bond acceptors (Lipinski definition) is 2. The predicted molar refractivity (Wildman–Crippen MR) is 92.5 cm³/mol. The minimum Gasteiger partial charge on any atom is -0.385 e. The van der Waals surface area contributed by atoms with Crippen LogP contribution in [0.15, 0.2) is 85.6 Å². The molecule has 2 rings (SSSR count). The minimum atomic E-state index is -1.02. The van der Waals surface area contributed by atoms with E-state index in [1.165, 1.54) is 0 Å². The molecule has 0 spiro atoms. The van der Waals surface area contributed by atoms with Crippen LogP contribution in [0.2, 0.25) is 0 Å². The molecule has 0 aliphatic heterocycles. The van der Waals surface area contributed by atoms with Crippen LogP contribution in [0, 0.1) is 0 Å². The molecule has 22 heavy (non-hydrogen) atoms. The topological polar surface area (TPSA) is 33.1 Å². The van der Waals surface area contributed by atoms with E-state index < -0.39 is 5.60 Å². The van der Waals surface area contributed by atoms with Gasteiger partial charge in [-0.05, 0) is 24.1 Å². The highest BCUT2D eigenvalue weighted by molar-refractivity contribution is 5.62. The van der Waals surface area contributed by atoms with Crippen molar-refractivity contribution >= 4 is 0 Å². The Kier molecular flexibility index (Phi) is 5.08. The summed E-state index contributed by atoms with van der Waals surface area (Å²) in [4.78, 5) is 4.47. The van der Waals surface area contributed by atoms with Crippen molar-refractivity contribution in [3.8, 4) is 11.1 Å². The van der Waals surface area contributed by atoms with Crippen LogP contribution in [0.4, 0.5) is 0 Å². The first-order valence-electron chi connectivity index (χ1n) is 7.25. The van der Waals surface area contributed by atoms with Crippen LogP contribution in [-0.4, -0.2) is 15.7 Å². The van der Waals surface area contributed by atoms with E-state index in [0.29, 0.717) is 6.42 Å². The molecule has 0 saturated heterocycles. The number of aromatic nitrogens is 1. The molecule has 2 aromatic rings. The van der Waals surface area contributed by atoms with E-state index in [1.807, 2.05) is 36.5 Å². The fraction of sp³-hybridized carbons (Fsp3) is 0.150. The van der Waals surface area contributed by atoms with Gasteiger partial charge in [-0.15, -0.1) is 0 Å². The van der Waals surface area contributed by atoms with Gasteiger partial charge in [0.05, 0.1) is 5.60 Å². The van der Waals surface area contributed by atoms with E-state index in [4.69, 9.17) is 0 Å². The number of aliphatic hydroxyl groups is 1. The van der Waals surface area contributed by atoms with Crippen LogP contribution in [0.25, 0.3) is 11.1 Å². The molecule has 1 N–H and O–H groups in total. The van der Waals surface area contributed by atoms with Crippen molar-refractivity contribution in [1.29, 1.82) is 0 Å². The molecule has 2 heteroatoms. The normalized spacial score (nSPS) is 14.2. The number of pyridine rings is 1. The molecule has 0 saturated carbocycles. The summed E-state index contributed by atoms with van der Waals surface area (Å²) < 4.78 is 0. The van der Waals surface area contributed by atoms with Crippen molar-refractivity contribution in [3.05, 3.63) is 91.3 Å². The van der Waals surface area contributed by atoms with E-state index in [9.17, 15) is 5.11 Å². The Labute approximate surface area is 132 Å². The Balaban J connectivity index is 2.19. The van der Waals surface area contributed by atoms with Crippen LogP contribution < -0.4 is 0 Å². The van der Waals surface area contributed by atoms with Gasteiger partial charge in [0.25, 0.3) is 0 Å². The Morgan fingerprint density at radius 1 is 1.14 bits per heavy atom. The maximum Gasteiger partial charge on any atom is 0.0923 e. The summed E-state index contributed by atoms with van der Waals surface area (Å²) in [6.45, 7) is 9.17. The Hall–Kier alpha value is -2.45. The molecule has 0 radical (unpaired) electrons. The number of nitrogens with zero attached hydrogens (tertiary/aromatic N) is 1. The Bertz CT molecular complexity index is 667. The average Bonchev–Trinajstić information content (AvgIpc) is 2.53. The van der Waals surface area contributed by atoms with Gasteiger partial charge in [-0.1, -0.05) is 67.8 Å². The molecule has 0 aliphatic carbocycles. The first-order chi connectivity index (χ1) is 10.6. The van der Waals surface area contributed by atoms with Crippen LogP contribution >= 0.6 is 0 Å². The second-order valence-electron chi connectivity index (χ2n) is 5.42. The number of rotatable bonds is 6. The number of allylic oxidation sites excluding steroid dienone is 2. The fourth-order valence-corrected chi connectivity index (χ4v) is 2.38. The van der Waals surface area contributed by atoms with Gasteiger partial charge in [-0.3, -0.25) is 4.98 Å². The summed E-state index contributed by atoms with van der Waals surface area (Å²) in [6, 6.07) is 14.1. The van der Waals surface area contributed by atoms with Crippen molar-refractivity contribution in [2.45, 2.75) is 18.9 Å². The Morgan fingerprint density at radius 3 is 2.41 bits per heavy atom. The Morgan fingerprint density at radius 2 is 1.86 bits per heavy atom. The van der Waals surface area contributed by atoms with E-state index >= 15 is 0 Å². The van der Waals surface area contributed by atoms with Crippen LogP contribution in [-0.2, 0) is 6.42 Å². The molecule has 0 bridgehead atoms. The zero-order valence-electron chi connectivity index (χ0n) is 12.9. The molecule has 0 unspecified atom stereocenters. The third-order valence-corrected chi connectivity index (χ3v) is 3.60. The van der Waals surface area contributed by atoms with Crippen LogP contribution in [0.3, 0.4) is 0 Å². The quantitative estimate of drug-likeness (QED) is 0.803. The van der Waals surface area contributed by atoms with Gasteiger partial charge in [0.15, 0.2) is 0 Å². The maximum absolute atomic E-state index is 10.6. The van der Waals surface area contributed by atoms with Gasteiger partial charge in [0.1, 0.15) is 0 Å². The third kappa shape index (κ3) is 3.80. The molecular weight excluding hydrogens is 270 g/mol. The summed E-state index contributed by atoms with van der Waals surface area (Å²) in [7, 11) is 0. The van der Waals surface area contributed by atoms with E-state index in [1.54, 1.807) is 25.2 Å². The van der Waals surface area contributed by atoms with Crippen molar-refractivity contribution in [3.63, 3.8) is 0 Å². The second kappa shape index (κ2) is 7.01. The largest absolute Gasteiger partial charge is 0.385 e. The molecular formula is C20H21NO. The number of hydrogen-bond donors (Lipinski definition) is 1. The van der Waals surface area contributed by atoms with E-state index in [0.717, 1.165) is 22.4 Å². The van der Waals surface area contributed by atoms with E-state index in [-0.39, 0.29) is 0 Å². The molecule has 1 aromatic carbocycles. The van der Waals surface area contributed by atoms with Crippen LogP contribution in [0.1, 0.15) is 12.6 Å². The zero-order valence-corrected chi connectivity index (χ0v) is 12.9. The summed E-state index contributed by atoms with van der Waals surface area (Å²) >= 11 is 0. The second-order valence-corrected chi connectivity index (χ2v) is 5.42. The summed E-state index contributed by atoms with van der Waals surface area (Å²) in [6.07, 6.45) is 7.34. The van der Waals surface area contributed by atoms with E-state index in [2.05, 4.69) is 30.3 Å². The average molecular weight is 291 g/mol. The molecule has 0 aliphatic rings. The highest BCUT2D eigenvalue weighted by Crippen LogP contribution is 2.24. The molecule has 112 valence electrons. The molecule has 0 amide bonds. The van der Waals surface area contributed by atoms with Gasteiger partial charge in [0.2, 0.25) is 0 Å². The minimum absolute atomic E-state index is 0.424. The lowest BCUT2D eigenvalue weighted by atomic mass is 9.90. The van der Waals surface area contributed by atoms with Crippen molar-refractivity contribution in [2.24, 2.45) is 0 Å². The monoisotopic (exact) mass is 291 g/mol. The highest BCUT2D eigenvalue weighted by Gasteiger charge is 2.24. The third-order valence-electron chi connectivity index (χ3n) is 3.60. The van der Waals surface area contributed by atoms with Crippen molar-refractivity contribution in [2.75, 3.05) is 0 Å². The van der Waals surface area contributed by atoms with Crippen molar-refractivity contribution in [1.82, 2.24) is 4.98 Å². The molecule has 0 fully saturated rings. The van der Waals surface area contributed by atoms with Gasteiger partial charge < -0.3 is 5.11 Å². The predicted octanol–water partition coefficient (Wildman–Crippen LogP) is 4.34. The standard InChI is InChI=1S/C20H21NO/c1-4-9-18(5-2)20(3,22)14-19-13-12-17(15-21-19)16-10-7-6-8-11-16/h4-13,15,22H,1-2,14H2,3H3/b18-9+/t20-/m1/s1. The summed E-state index contributed by atoms with van der Waals surface area (Å²) in [5.74, 6) is 0. The van der Waals surface area contributed by atoms with Gasteiger partial charge in [0, 0.05) is 23.9 Å². The summed E-state index contributed by atoms with van der Waals surface area (Å²) in [5.41, 5.74) is 2.75. The first kappa shape index (κ1) is 15.9. The van der Waals surface area contributed by atoms with Crippen molar-refractivity contribution < 1.29 is 5.11 Å². The maximum atomic E-state index is 10.6. The summed E-state index contributed by atoms with van der Waals surface area (Å²) in [5, 5.41) is 10.6. The lowest BCUT2D eigenvalue weighted by Crippen LogP contribution is -2.29. The van der Waals surface area contributed by atoms with Gasteiger partial charge in [-0.2, -0.15) is 0 Å². The van der Waals surface area contributed by atoms with Gasteiger partial charge >= 0.3 is 0 Å². The zero-order chi connectivity index (χ0) is 16.0. The lowest BCUT2D eigenvalue weighted by Gasteiger charge is -2.24. The van der Waals surface area contributed by atoms with Gasteiger partial charge in [-0.25, -0.2) is 0 Å². The fourth-order valence-electron chi connectivity index (χ4n) is 2.38.